The molecule has 0 unspecified atom stereocenters. The lowest BCUT2D eigenvalue weighted by Gasteiger charge is -2.04. The quantitative estimate of drug-likeness (QED) is 0.781. The van der Waals surface area contributed by atoms with E-state index < -0.39 is 0 Å². The molecule has 2 heterocycles. The van der Waals surface area contributed by atoms with E-state index in [0.29, 0.717) is 6.04 Å². The topological polar surface area (TPSA) is 37.8 Å². The molecule has 1 aromatic carbocycles. The van der Waals surface area contributed by atoms with E-state index in [-0.39, 0.29) is 0 Å². The Balaban J connectivity index is 1.70. The zero-order chi connectivity index (χ0) is 14.2. The molecule has 3 nitrogen and oxygen atoms in total. The Morgan fingerprint density at radius 3 is 3.05 bits per heavy atom. The lowest BCUT2D eigenvalue weighted by atomic mass is 10.1. The molecule has 1 N–H and O–H groups in total. The molecule has 2 aromatic heterocycles. The number of nitrogens with zero attached hydrogens (tertiary/aromatic N) is 2. The van der Waals surface area contributed by atoms with Crippen LogP contribution in [0.3, 0.4) is 0 Å². The number of pyridine rings is 1. The second-order valence-electron chi connectivity index (χ2n) is 5.29. The molecule has 4 rings (SSSR count). The number of hydrogen-bond acceptors (Lipinski definition) is 4. The first-order valence-electron chi connectivity index (χ1n) is 7.02. The van der Waals surface area contributed by atoms with Crippen LogP contribution in [-0.4, -0.2) is 16.0 Å². The van der Waals surface area contributed by atoms with Crippen molar-refractivity contribution in [3.63, 3.8) is 0 Å². The number of rotatable bonds is 4. The van der Waals surface area contributed by atoms with Crippen LogP contribution < -0.4 is 5.32 Å². The van der Waals surface area contributed by atoms with Crippen molar-refractivity contribution in [3.05, 3.63) is 46.6 Å². The van der Waals surface area contributed by atoms with Crippen molar-refractivity contribution in [2.75, 3.05) is 0 Å². The van der Waals surface area contributed by atoms with Crippen LogP contribution in [0, 0.1) is 0 Å². The first-order valence-corrected chi connectivity index (χ1v) is 8.28. The molecule has 0 amide bonds. The summed E-state index contributed by atoms with van der Waals surface area (Å²) < 4.78 is 0. The van der Waals surface area contributed by atoms with Crippen LogP contribution in [0.5, 0.6) is 0 Å². The average Bonchev–Trinajstić information content (AvgIpc) is 3.23. The zero-order valence-electron chi connectivity index (χ0n) is 11.3. The largest absolute Gasteiger partial charge is 0.308 e. The van der Waals surface area contributed by atoms with Gasteiger partial charge in [0.15, 0.2) is 0 Å². The summed E-state index contributed by atoms with van der Waals surface area (Å²) in [7, 11) is 0. The molecule has 0 saturated heterocycles. The average molecular weight is 316 g/mol. The Bertz CT molecular complexity index is 795. The minimum atomic E-state index is 0.702. The van der Waals surface area contributed by atoms with Gasteiger partial charge in [0, 0.05) is 35.1 Å². The van der Waals surface area contributed by atoms with Crippen molar-refractivity contribution in [3.8, 4) is 10.6 Å². The predicted molar refractivity (Wildman–Crippen MR) is 87.7 cm³/mol. The molecule has 21 heavy (non-hydrogen) atoms. The van der Waals surface area contributed by atoms with E-state index in [1.54, 1.807) is 17.5 Å². The summed E-state index contributed by atoms with van der Waals surface area (Å²) in [6.45, 7) is 0.847. The molecular weight excluding hydrogens is 302 g/mol. The molecule has 0 spiro atoms. The van der Waals surface area contributed by atoms with Crippen molar-refractivity contribution in [1.29, 1.82) is 0 Å². The van der Waals surface area contributed by atoms with Crippen LogP contribution in [0.2, 0.25) is 5.02 Å². The summed E-state index contributed by atoms with van der Waals surface area (Å²) in [4.78, 5) is 9.21. The molecule has 106 valence electrons. The van der Waals surface area contributed by atoms with Crippen LogP contribution in [0.25, 0.3) is 21.5 Å². The monoisotopic (exact) mass is 315 g/mol. The van der Waals surface area contributed by atoms with Gasteiger partial charge in [-0.05, 0) is 37.1 Å². The second kappa shape index (κ2) is 5.37. The highest BCUT2D eigenvalue weighted by atomic mass is 35.5. The second-order valence-corrected chi connectivity index (χ2v) is 6.56. The molecule has 0 bridgehead atoms. The molecular formula is C16H14ClN3S. The summed E-state index contributed by atoms with van der Waals surface area (Å²) in [6, 6.07) is 8.54. The highest BCUT2D eigenvalue weighted by Gasteiger charge is 2.20. The van der Waals surface area contributed by atoms with Crippen LogP contribution in [0.15, 0.2) is 35.8 Å². The third-order valence-electron chi connectivity index (χ3n) is 3.65. The first-order chi connectivity index (χ1) is 10.3. The van der Waals surface area contributed by atoms with Gasteiger partial charge < -0.3 is 5.32 Å². The summed E-state index contributed by atoms with van der Waals surface area (Å²) in [5.41, 5.74) is 3.07. The number of halogens is 1. The maximum absolute atomic E-state index is 6.25. The first kappa shape index (κ1) is 13.2. The van der Waals surface area contributed by atoms with Gasteiger partial charge in [-0.15, -0.1) is 11.3 Å². The maximum atomic E-state index is 6.25. The molecule has 1 aliphatic rings. The Kier molecular flexibility index (Phi) is 3.37. The summed E-state index contributed by atoms with van der Waals surface area (Å²) in [5.74, 6) is 0. The van der Waals surface area contributed by atoms with E-state index in [0.717, 1.165) is 38.7 Å². The number of aromatic nitrogens is 2. The van der Waals surface area contributed by atoms with E-state index in [4.69, 9.17) is 16.6 Å². The van der Waals surface area contributed by atoms with Gasteiger partial charge in [0.05, 0.1) is 16.2 Å². The van der Waals surface area contributed by atoms with Gasteiger partial charge in [-0.2, -0.15) is 0 Å². The Morgan fingerprint density at radius 1 is 1.29 bits per heavy atom. The van der Waals surface area contributed by atoms with Crippen LogP contribution in [0.1, 0.15) is 18.5 Å². The minimum Gasteiger partial charge on any atom is -0.308 e. The predicted octanol–water partition coefficient (Wildman–Crippen LogP) is 4.26. The maximum Gasteiger partial charge on any atom is 0.125 e. The number of thiazole rings is 1. The Hall–Kier alpha value is -1.49. The van der Waals surface area contributed by atoms with Gasteiger partial charge in [-0.25, -0.2) is 4.98 Å². The number of benzene rings is 1. The fraction of sp³-hybridized carbons (Fsp3) is 0.250. The van der Waals surface area contributed by atoms with Crippen LogP contribution in [-0.2, 0) is 6.54 Å². The third kappa shape index (κ3) is 2.67. The van der Waals surface area contributed by atoms with E-state index in [9.17, 15) is 0 Å². The number of nitrogens with one attached hydrogen (secondary N) is 1. The van der Waals surface area contributed by atoms with Gasteiger partial charge in [-0.1, -0.05) is 11.6 Å². The Morgan fingerprint density at radius 2 is 2.19 bits per heavy atom. The van der Waals surface area contributed by atoms with Crippen molar-refractivity contribution in [1.82, 2.24) is 15.3 Å². The van der Waals surface area contributed by atoms with E-state index in [2.05, 4.69) is 15.7 Å². The fourth-order valence-corrected chi connectivity index (χ4v) is 3.42. The van der Waals surface area contributed by atoms with Crippen LogP contribution >= 0.6 is 22.9 Å². The van der Waals surface area contributed by atoms with Gasteiger partial charge >= 0.3 is 0 Å². The van der Waals surface area contributed by atoms with E-state index in [1.165, 1.54) is 12.8 Å². The molecule has 1 saturated carbocycles. The van der Waals surface area contributed by atoms with Gasteiger partial charge in [0.2, 0.25) is 0 Å². The summed E-state index contributed by atoms with van der Waals surface area (Å²) >= 11 is 7.91. The summed E-state index contributed by atoms with van der Waals surface area (Å²) in [6.07, 6.45) is 4.39. The molecule has 1 aliphatic carbocycles. The zero-order valence-corrected chi connectivity index (χ0v) is 12.9. The van der Waals surface area contributed by atoms with Crippen molar-refractivity contribution < 1.29 is 0 Å². The molecule has 0 atom stereocenters. The SMILES string of the molecule is Clc1ccc(-c2nc(CNC3CC3)cs2)c2ncccc12. The molecule has 0 aliphatic heterocycles. The Labute approximate surface area is 132 Å². The number of hydrogen-bond donors (Lipinski definition) is 1. The highest BCUT2D eigenvalue weighted by Crippen LogP contribution is 2.33. The van der Waals surface area contributed by atoms with E-state index in [1.807, 2.05) is 24.3 Å². The van der Waals surface area contributed by atoms with Gasteiger partial charge in [-0.3, -0.25) is 4.98 Å². The number of fused-ring (bicyclic) bond motifs is 1. The normalized spacial score (nSPS) is 14.7. The summed E-state index contributed by atoms with van der Waals surface area (Å²) in [5, 5.41) is 8.32. The third-order valence-corrected chi connectivity index (χ3v) is 4.90. The van der Waals surface area contributed by atoms with Gasteiger partial charge in [0.1, 0.15) is 5.01 Å². The fourth-order valence-electron chi connectivity index (χ4n) is 2.36. The van der Waals surface area contributed by atoms with Crippen LogP contribution in [0.4, 0.5) is 0 Å². The minimum absolute atomic E-state index is 0.702. The lowest BCUT2D eigenvalue weighted by Crippen LogP contribution is -2.15. The molecule has 1 fully saturated rings. The highest BCUT2D eigenvalue weighted by molar-refractivity contribution is 7.13. The smallest absolute Gasteiger partial charge is 0.125 e. The van der Waals surface area contributed by atoms with Crippen molar-refractivity contribution >= 4 is 33.8 Å². The molecule has 3 aromatic rings. The van der Waals surface area contributed by atoms with Crippen molar-refractivity contribution in [2.24, 2.45) is 0 Å². The van der Waals surface area contributed by atoms with Gasteiger partial charge in [0.25, 0.3) is 0 Å². The van der Waals surface area contributed by atoms with E-state index >= 15 is 0 Å². The van der Waals surface area contributed by atoms with Crippen molar-refractivity contribution in [2.45, 2.75) is 25.4 Å². The standard InChI is InChI=1S/C16H14ClN3S/c17-14-6-5-13(15-12(14)2-1-7-18-15)16-20-11(9-21-16)8-19-10-3-4-10/h1-2,5-7,9-10,19H,3-4,8H2. The lowest BCUT2D eigenvalue weighted by molar-refractivity contribution is 0.678. The molecule has 0 radical (unpaired) electrons. The molecule has 5 heteroatoms.